The molecule has 0 aromatic heterocycles. The Kier molecular flexibility index (Phi) is 5.84. The summed E-state index contributed by atoms with van der Waals surface area (Å²) in [4.78, 5) is 28.4. The third-order valence-corrected chi connectivity index (χ3v) is 4.72. The van der Waals surface area contributed by atoms with Crippen molar-refractivity contribution in [3.05, 3.63) is 0 Å². The van der Waals surface area contributed by atoms with Crippen molar-refractivity contribution in [3.63, 3.8) is 0 Å². The van der Waals surface area contributed by atoms with Gasteiger partial charge in [0.05, 0.1) is 6.10 Å². The van der Waals surface area contributed by atoms with Crippen LogP contribution in [0.5, 0.6) is 0 Å². The molecule has 2 rings (SSSR count). The zero-order valence-electron chi connectivity index (χ0n) is 14.1. The Balaban J connectivity index is 2.02. The van der Waals surface area contributed by atoms with E-state index in [4.69, 9.17) is 0 Å². The average Bonchev–Trinajstić information content (AvgIpc) is 3.29. The van der Waals surface area contributed by atoms with Crippen molar-refractivity contribution in [3.8, 4) is 0 Å². The van der Waals surface area contributed by atoms with Gasteiger partial charge in [-0.2, -0.15) is 0 Å². The van der Waals surface area contributed by atoms with Gasteiger partial charge in [-0.15, -0.1) is 0 Å². The van der Waals surface area contributed by atoms with Gasteiger partial charge >= 0.3 is 0 Å². The van der Waals surface area contributed by atoms with Crippen molar-refractivity contribution < 1.29 is 14.7 Å². The van der Waals surface area contributed by atoms with Crippen LogP contribution in [0.3, 0.4) is 0 Å². The highest BCUT2D eigenvalue weighted by Gasteiger charge is 2.36. The molecule has 5 heteroatoms. The topological polar surface area (TPSA) is 60.9 Å². The van der Waals surface area contributed by atoms with Crippen molar-refractivity contribution in [2.45, 2.75) is 64.5 Å². The summed E-state index contributed by atoms with van der Waals surface area (Å²) < 4.78 is 0. The van der Waals surface area contributed by atoms with Crippen molar-refractivity contribution in [2.24, 2.45) is 11.8 Å². The van der Waals surface area contributed by atoms with Gasteiger partial charge in [-0.3, -0.25) is 9.59 Å². The maximum atomic E-state index is 12.8. The minimum absolute atomic E-state index is 0.0244. The molecule has 0 radical (unpaired) electrons. The van der Waals surface area contributed by atoms with Crippen LogP contribution in [-0.4, -0.2) is 59.0 Å². The van der Waals surface area contributed by atoms with E-state index in [0.29, 0.717) is 37.8 Å². The SMILES string of the molecule is CC(C)CC(C(=O)N(C)CC(O)C1CC1)N1CCCCC1=O. The van der Waals surface area contributed by atoms with Gasteiger partial charge in [0.25, 0.3) is 0 Å². The van der Waals surface area contributed by atoms with Gasteiger partial charge in [-0.05, 0) is 43.9 Å². The summed E-state index contributed by atoms with van der Waals surface area (Å²) in [6, 6.07) is -0.371. The molecule has 126 valence electrons. The predicted octanol–water partition coefficient (Wildman–Crippen LogP) is 1.64. The van der Waals surface area contributed by atoms with E-state index < -0.39 is 6.10 Å². The average molecular weight is 310 g/mol. The lowest BCUT2D eigenvalue weighted by Crippen LogP contribution is -2.53. The van der Waals surface area contributed by atoms with Crippen molar-refractivity contribution >= 4 is 11.8 Å². The van der Waals surface area contributed by atoms with Crippen LogP contribution in [0.15, 0.2) is 0 Å². The summed E-state index contributed by atoms with van der Waals surface area (Å²) >= 11 is 0. The summed E-state index contributed by atoms with van der Waals surface area (Å²) in [7, 11) is 1.75. The Morgan fingerprint density at radius 2 is 2.05 bits per heavy atom. The normalized spacial score (nSPS) is 21.9. The highest BCUT2D eigenvalue weighted by molar-refractivity contribution is 5.88. The number of carbonyl (C=O) groups is 2. The van der Waals surface area contributed by atoms with Crippen LogP contribution in [-0.2, 0) is 9.59 Å². The molecule has 1 aliphatic carbocycles. The van der Waals surface area contributed by atoms with Gasteiger partial charge in [-0.25, -0.2) is 0 Å². The third kappa shape index (κ3) is 4.45. The van der Waals surface area contributed by atoms with E-state index in [1.807, 2.05) is 0 Å². The largest absolute Gasteiger partial charge is 0.391 e. The van der Waals surface area contributed by atoms with Crippen molar-refractivity contribution in [1.29, 1.82) is 0 Å². The fourth-order valence-corrected chi connectivity index (χ4v) is 3.22. The molecule has 0 spiro atoms. The number of likely N-dealkylation sites (N-methyl/N-ethyl adjacent to an activating group) is 1. The van der Waals surface area contributed by atoms with Crippen molar-refractivity contribution in [1.82, 2.24) is 9.80 Å². The molecule has 2 aliphatic rings. The molecule has 2 atom stereocenters. The van der Waals surface area contributed by atoms with E-state index in [-0.39, 0.29) is 17.9 Å². The maximum absolute atomic E-state index is 12.8. The Bertz CT molecular complexity index is 407. The number of carbonyl (C=O) groups excluding carboxylic acids is 2. The molecule has 1 saturated carbocycles. The quantitative estimate of drug-likeness (QED) is 0.777. The summed E-state index contributed by atoms with van der Waals surface area (Å²) in [6.07, 6.45) is 4.83. The highest BCUT2D eigenvalue weighted by atomic mass is 16.3. The second-order valence-corrected chi connectivity index (χ2v) is 7.31. The molecule has 22 heavy (non-hydrogen) atoms. The molecule has 1 heterocycles. The smallest absolute Gasteiger partial charge is 0.245 e. The molecule has 1 saturated heterocycles. The molecular formula is C17H30N2O3. The lowest BCUT2D eigenvalue weighted by Gasteiger charge is -2.37. The number of aliphatic hydroxyl groups is 1. The van der Waals surface area contributed by atoms with E-state index in [9.17, 15) is 14.7 Å². The van der Waals surface area contributed by atoms with Gasteiger partial charge in [0.1, 0.15) is 6.04 Å². The fourth-order valence-electron chi connectivity index (χ4n) is 3.22. The first-order valence-electron chi connectivity index (χ1n) is 8.62. The Morgan fingerprint density at radius 1 is 1.36 bits per heavy atom. The number of piperidine rings is 1. The molecule has 5 nitrogen and oxygen atoms in total. The Hall–Kier alpha value is -1.10. The summed E-state index contributed by atoms with van der Waals surface area (Å²) in [5.74, 6) is 0.783. The fraction of sp³-hybridized carbons (Fsp3) is 0.882. The van der Waals surface area contributed by atoms with E-state index >= 15 is 0 Å². The number of aliphatic hydroxyl groups excluding tert-OH is 1. The van der Waals surface area contributed by atoms with Gasteiger partial charge in [0.2, 0.25) is 11.8 Å². The Morgan fingerprint density at radius 3 is 2.59 bits per heavy atom. The number of hydrogen-bond donors (Lipinski definition) is 1. The number of amides is 2. The number of rotatable bonds is 7. The molecule has 0 bridgehead atoms. The summed E-state index contributed by atoms with van der Waals surface area (Å²) in [6.45, 7) is 5.21. The minimum Gasteiger partial charge on any atom is -0.391 e. The molecule has 2 fully saturated rings. The lowest BCUT2D eigenvalue weighted by molar-refractivity contribution is -0.148. The Labute approximate surface area is 133 Å². The number of nitrogens with zero attached hydrogens (tertiary/aromatic N) is 2. The molecular weight excluding hydrogens is 280 g/mol. The number of likely N-dealkylation sites (tertiary alicyclic amines) is 1. The number of hydrogen-bond acceptors (Lipinski definition) is 3. The van der Waals surface area contributed by atoms with E-state index in [2.05, 4.69) is 13.8 Å². The van der Waals surface area contributed by atoms with E-state index in [1.165, 1.54) is 0 Å². The predicted molar refractivity (Wildman–Crippen MR) is 85.2 cm³/mol. The first-order valence-corrected chi connectivity index (χ1v) is 8.62. The first kappa shape index (κ1) is 17.3. The third-order valence-electron chi connectivity index (χ3n) is 4.72. The molecule has 2 unspecified atom stereocenters. The van der Waals surface area contributed by atoms with Crippen LogP contribution < -0.4 is 0 Å². The van der Waals surface area contributed by atoms with Crippen molar-refractivity contribution in [2.75, 3.05) is 20.1 Å². The van der Waals surface area contributed by atoms with Crippen LogP contribution in [0.2, 0.25) is 0 Å². The summed E-state index contributed by atoms with van der Waals surface area (Å²) in [5.41, 5.74) is 0. The molecule has 1 N–H and O–H groups in total. The minimum atomic E-state index is -0.425. The second-order valence-electron chi connectivity index (χ2n) is 7.31. The van der Waals surface area contributed by atoms with Gasteiger partial charge in [0, 0.05) is 26.6 Å². The zero-order chi connectivity index (χ0) is 16.3. The van der Waals surface area contributed by atoms with Crippen LogP contribution in [0, 0.1) is 11.8 Å². The van der Waals surface area contributed by atoms with E-state index in [0.717, 1.165) is 25.7 Å². The summed E-state index contributed by atoms with van der Waals surface area (Å²) in [5, 5.41) is 10.1. The van der Waals surface area contributed by atoms with Crippen LogP contribution in [0.1, 0.15) is 52.4 Å². The standard InChI is InChI=1S/C17H30N2O3/c1-12(2)10-14(19-9-5-4-6-16(19)21)17(22)18(3)11-15(20)13-7-8-13/h12-15,20H,4-11H2,1-3H3. The molecule has 0 aromatic carbocycles. The van der Waals surface area contributed by atoms with Crippen LogP contribution in [0.25, 0.3) is 0 Å². The second kappa shape index (κ2) is 7.44. The van der Waals surface area contributed by atoms with Crippen LogP contribution in [0.4, 0.5) is 0 Å². The highest BCUT2D eigenvalue weighted by Crippen LogP contribution is 2.33. The molecule has 0 aromatic rings. The zero-order valence-corrected chi connectivity index (χ0v) is 14.1. The van der Waals surface area contributed by atoms with Gasteiger partial charge in [0.15, 0.2) is 0 Å². The first-order chi connectivity index (χ1) is 10.4. The van der Waals surface area contributed by atoms with Gasteiger partial charge in [-0.1, -0.05) is 13.8 Å². The lowest BCUT2D eigenvalue weighted by atomic mass is 9.98. The van der Waals surface area contributed by atoms with E-state index in [1.54, 1.807) is 16.8 Å². The monoisotopic (exact) mass is 310 g/mol. The molecule has 1 aliphatic heterocycles. The maximum Gasteiger partial charge on any atom is 0.245 e. The van der Waals surface area contributed by atoms with Gasteiger partial charge < -0.3 is 14.9 Å². The van der Waals surface area contributed by atoms with Crippen LogP contribution >= 0.6 is 0 Å². The molecule has 2 amide bonds.